The van der Waals surface area contributed by atoms with Crippen LogP contribution in [0.2, 0.25) is 0 Å². The van der Waals surface area contributed by atoms with Crippen molar-refractivity contribution in [3.63, 3.8) is 0 Å². The quantitative estimate of drug-likeness (QED) is 0.803. The molecule has 1 heterocycles. The van der Waals surface area contributed by atoms with E-state index in [1.54, 1.807) is 11.9 Å². The lowest BCUT2D eigenvalue weighted by Gasteiger charge is -2.08. The largest absolute Gasteiger partial charge is 0.293 e. The number of hydrogen-bond acceptors (Lipinski definition) is 3. The smallest absolute Gasteiger partial charge is 0.242 e. The van der Waals surface area contributed by atoms with Crippen LogP contribution >= 0.6 is 27.7 Å². The van der Waals surface area contributed by atoms with Crippen LogP contribution in [-0.2, 0) is 11.2 Å². The molecule has 3 nitrogen and oxygen atoms in total. The second kappa shape index (κ2) is 6.67. The van der Waals surface area contributed by atoms with Crippen molar-refractivity contribution in [3.05, 3.63) is 64.6 Å². The van der Waals surface area contributed by atoms with E-state index in [9.17, 15) is 4.79 Å². The molecule has 3 rings (SSSR count). The zero-order valence-electron chi connectivity index (χ0n) is 12.1. The Labute approximate surface area is 142 Å². The summed E-state index contributed by atoms with van der Waals surface area (Å²) in [5.41, 5.74) is 2.03. The van der Waals surface area contributed by atoms with Gasteiger partial charge in [-0.15, -0.1) is 0 Å². The van der Waals surface area contributed by atoms with Crippen molar-refractivity contribution in [2.24, 2.45) is 4.99 Å². The van der Waals surface area contributed by atoms with E-state index in [4.69, 9.17) is 0 Å². The molecule has 5 heteroatoms. The van der Waals surface area contributed by atoms with E-state index in [0.29, 0.717) is 0 Å². The number of carbonyl (C=O) groups excluding carboxylic acids is 1. The Hall–Kier alpha value is -1.59. The maximum absolute atomic E-state index is 12.4. The number of amides is 1. The molecule has 2 aromatic rings. The number of rotatable bonds is 3. The molecule has 1 atom stereocenters. The zero-order valence-corrected chi connectivity index (χ0v) is 14.5. The first-order valence-corrected chi connectivity index (χ1v) is 8.63. The van der Waals surface area contributed by atoms with Gasteiger partial charge in [-0.3, -0.25) is 9.69 Å². The van der Waals surface area contributed by atoms with Crippen molar-refractivity contribution in [2.75, 3.05) is 7.05 Å². The second-order valence-corrected chi connectivity index (χ2v) is 7.15. The van der Waals surface area contributed by atoms with Gasteiger partial charge in [0.05, 0.1) is 10.9 Å². The Morgan fingerprint density at radius 2 is 1.82 bits per heavy atom. The molecule has 22 heavy (non-hydrogen) atoms. The van der Waals surface area contributed by atoms with Crippen LogP contribution in [0.15, 0.2) is 64.1 Å². The van der Waals surface area contributed by atoms with Crippen molar-refractivity contribution in [1.29, 1.82) is 0 Å². The summed E-state index contributed by atoms with van der Waals surface area (Å²) in [6, 6.07) is 17.8. The fourth-order valence-electron chi connectivity index (χ4n) is 2.25. The summed E-state index contributed by atoms with van der Waals surface area (Å²) in [5, 5.41) is 0.662. The number of amidine groups is 1. The number of halogens is 1. The minimum absolute atomic E-state index is 0.0957. The topological polar surface area (TPSA) is 32.7 Å². The van der Waals surface area contributed by atoms with Gasteiger partial charge in [0.25, 0.3) is 0 Å². The van der Waals surface area contributed by atoms with Crippen LogP contribution in [-0.4, -0.2) is 28.3 Å². The summed E-state index contributed by atoms with van der Waals surface area (Å²) in [5.74, 6) is 0.115. The lowest BCUT2D eigenvalue weighted by atomic mass is 10.1. The molecule has 1 fully saturated rings. The van der Waals surface area contributed by atoms with Gasteiger partial charge in [0.15, 0.2) is 5.17 Å². The number of thioether (sulfide) groups is 1. The van der Waals surface area contributed by atoms with Gasteiger partial charge in [-0.25, -0.2) is 4.99 Å². The van der Waals surface area contributed by atoms with Crippen LogP contribution in [0, 0.1) is 0 Å². The first-order chi connectivity index (χ1) is 10.6. The molecular weight excluding hydrogens is 360 g/mol. The lowest BCUT2D eigenvalue weighted by molar-refractivity contribution is -0.125. The predicted molar refractivity (Wildman–Crippen MR) is 95.5 cm³/mol. The number of aliphatic imine (C=N–C) groups is 1. The van der Waals surface area contributed by atoms with Crippen LogP contribution < -0.4 is 0 Å². The third-order valence-corrected chi connectivity index (χ3v) is 5.21. The van der Waals surface area contributed by atoms with Crippen molar-refractivity contribution in [2.45, 2.75) is 11.7 Å². The lowest BCUT2D eigenvalue weighted by Crippen LogP contribution is -2.28. The van der Waals surface area contributed by atoms with Crippen LogP contribution in [0.25, 0.3) is 0 Å². The van der Waals surface area contributed by atoms with Crippen LogP contribution in [0.3, 0.4) is 0 Å². The van der Waals surface area contributed by atoms with Crippen LogP contribution in [0.4, 0.5) is 5.69 Å². The van der Waals surface area contributed by atoms with Gasteiger partial charge in [-0.1, -0.05) is 58.0 Å². The highest BCUT2D eigenvalue weighted by Gasteiger charge is 2.35. The Bertz CT molecular complexity index is 700. The van der Waals surface area contributed by atoms with Gasteiger partial charge < -0.3 is 0 Å². The molecule has 0 saturated carbocycles. The Morgan fingerprint density at radius 1 is 1.14 bits per heavy atom. The van der Waals surface area contributed by atoms with Crippen LogP contribution in [0.5, 0.6) is 0 Å². The molecule has 0 radical (unpaired) electrons. The maximum atomic E-state index is 12.4. The normalized spacial score (nSPS) is 19.9. The first kappa shape index (κ1) is 15.3. The van der Waals surface area contributed by atoms with Gasteiger partial charge in [0.1, 0.15) is 0 Å². The molecule has 0 unspecified atom stereocenters. The zero-order chi connectivity index (χ0) is 15.5. The average molecular weight is 375 g/mol. The van der Waals surface area contributed by atoms with Gasteiger partial charge in [-0.05, 0) is 36.2 Å². The van der Waals surface area contributed by atoms with Crippen molar-refractivity contribution >= 4 is 44.5 Å². The van der Waals surface area contributed by atoms with E-state index in [1.165, 1.54) is 17.3 Å². The summed E-state index contributed by atoms with van der Waals surface area (Å²) >= 11 is 4.94. The van der Waals surface area contributed by atoms with E-state index in [1.807, 2.05) is 42.5 Å². The second-order valence-electron chi connectivity index (χ2n) is 5.06. The average Bonchev–Trinajstić information content (AvgIpc) is 2.79. The summed E-state index contributed by atoms with van der Waals surface area (Å²) < 4.78 is 1.02. The SMILES string of the molecule is CN1C(=O)[C@H](Cc2ccccc2)SC1=Nc1ccc(Br)cc1. The summed E-state index contributed by atoms with van der Waals surface area (Å²) in [4.78, 5) is 18.6. The van der Waals surface area contributed by atoms with Gasteiger partial charge in [0, 0.05) is 11.5 Å². The monoisotopic (exact) mass is 374 g/mol. The number of hydrogen-bond donors (Lipinski definition) is 0. The molecule has 0 bridgehead atoms. The van der Waals surface area contributed by atoms with Gasteiger partial charge in [-0.2, -0.15) is 0 Å². The third kappa shape index (κ3) is 3.42. The van der Waals surface area contributed by atoms with E-state index >= 15 is 0 Å². The highest BCUT2D eigenvalue weighted by atomic mass is 79.9. The molecule has 112 valence electrons. The van der Waals surface area contributed by atoms with Gasteiger partial charge in [0.2, 0.25) is 5.91 Å². The maximum Gasteiger partial charge on any atom is 0.242 e. The number of carbonyl (C=O) groups is 1. The molecule has 0 aromatic heterocycles. The van der Waals surface area contributed by atoms with Crippen molar-refractivity contribution in [3.8, 4) is 0 Å². The molecule has 1 amide bonds. The number of benzene rings is 2. The standard InChI is InChI=1S/C17H15BrN2OS/c1-20-16(21)15(11-12-5-3-2-4-6-12)22-17(20)19-14-9-7-13(18)8-10-14/h2-10,15H,11H2,1H3/t15-/m0/s1. The Morgan fingerprint density at radius 3 is 2.50 bits per heavy atom. The highest BCUT2D eigenvalue weighted by Crippen LogP contribution is 2.31. The fourth-order valence-corrected chi connectivity index (χ4v) is 3.71. The molecule has 0 N–H and O–H groups in total. The first-order valence-electron chi connectivity index (χ1n) is 6.96. The molecule has 1 aliphatic rings. The van der Waals surface area contributed by atoms with E-state index in [2.05, 4.69) is 33.1 Å². The van der Waals surface area contributed by atoms with Crippen molar-refractivity contribution < 1.29 is 4.79 Å². The summed E-state index contributed by atoms with van der Waals surface area (Å²) in [6.07, 6.45) is 0.730. The summed E-state index contributed by atoms with van der Waals surface area (Å²) in [7, 11) is 1.79. The third-order valence-electron chi connectivity index (χ3n) is 3.46. The number of nitrogens with zero attached hydrogens (tertiary/aromatic N) is 2. The predicted octanol–water partition coefficient (Wildman–Crippen LogP) is 4.25. The van der Waals surface area contributed by atoms with E-state index < -0.39 is 0 Å². The molecule has 0 spiro atoms. The minimum Gasteiger partial charge on any atom is -0.293 e. The van der Waals surface area contributed by atoms with Gasteiger partial charge >= 0.3 is 0 Å². The summed E-state index contributed by atoms with van der Waals surface area (Å²) in [6.45, 7) is 0. The molecular formula is C17H15BrN2OS. The molecule has 2 aromatic carbocycles. The van der Waals surface area contributed by atoms with Crippen LogP contribution in [0.1, 0.15) is 5.56 Å². The molecule has 1 saturated heterocycles. The van der Waals surface area contributed by atoms with Crippen molar-refractivity contribution in [1.82, 2.24) is 4.90 Å². The molecule has 0 aliphatic carbocycles. The molecule has 1 aliphatic heterocycles. The fraction of sp³-hybridized carbons (Fsp3) is 0.176. The Balaban J connectivity index is 1.77. The van der Waals surface area contributed by atoms with E-state index in [0.717, 1.165) is 21.7 Å². The Kier molecular flexibility index (Phi) is 4.64. The minimum atomic E-state index is -0.0957. The highest BCUT2D eigenvalue weighted by molar-refractivity contribution is 9.10. The van der Waals surface area contributed by atoms with E-state index in [-0.39, 0.29) is 11.2 Å².